The number of aryl methyl sites for hydroxylation is 1. The number of nitro groups is 1. The van der Waals surface area contributed by atoms with Crippen molar-refractivity contribution in [3.8, 4) is 0 Å². The normalized spacial score (nSPS) is 24.7. The highest BCUT2D eigenvalue weighted by Gasteiger charge is 3.02. The van der Waals surface area contributed by atoms with Crippen LogP contribution in [-0.2, 0) is 4.79 Å². The van der Waals surface area contributed by atoms with E-state index in [1.807, 2.05) is 0 Å². The molecule has 1 aromatic carbocycles. The fourth-order valence-corrected chi connectivity index (χ4v) is 2.57. The maximum Gasteiger partial charge on any atom is 0.384 e. The molecule has 0 saturated heterocycles. The van der Waals surface area contributed by atoms with E-state index in [1.165, 1.54) is 0 Å². The number of hydrogen-bond donors (Lipinski definition) is 1. The number of benzene rings is 1. The van der Waals surface area contributed by atoms with Crippen molar-refractivity contribution in [3.63, 3.8) is 0 Å². The molecule has 1 aromatic rings. The van der Waals surface area contributed by atoms with Crippen LogP contribution in [0, 0.1) is 17.0 Å². The summed E-state index contributed by atoms with van der Waals surface area (Å²) >= 11 is 0. The maximum atomic E-state index is 14.6. The van der Waals surface area contributed by atoms with Gasteiger partial charge in [0.1, 0.15) is 0 Å². The van der Waals surface area contributed by atoms with Gasteiger partial charge in [-0.2, -0.15) is 43.9 Å². The third-order valence-electron chi connectivity index (χ3n) is 4.44. The molecule has 0 aromatic heterocycles. The smallest absolute Gasteiger partial charge is 0.322 e. The zero-order valence-electron chi connectivity index (χ0n) is 14.1. The van der Waals surface area contributed by atoms with Gasteiger partial charge in [-0.1, -0.05) is 6.07 Å². The molecule has 1 aliphatic rings. The maximum absolute atomic E-state index is 14.6. The van der Waals surface area contributed by atoms with Gasteiger partial charge >= 0.3 is 35.3 Å². The summed E-state index contributed by atoms with van der Waals surface area (Å²) in [5, 5.41) is 11.5. The first-order chi connectivity index (χ1) is 13.2. The number of halogens is 11. The molecule has 16 heteroatoms. The average Bonchev–Trinajstić information content (AvgIpc) is 2.60. The molecule has 1 aliphatic carbocycles. The summed E-state index contributed by atoms with van der Waals surface area (Å²) in [7, 11) is 0. The van der Waals surface area contributed by atoms with E-state index >= 15 is 0 Å². The molecule has 0 bridgehead atoms. The Morgan fingerprint density at radius 2 is 1.23 bits per heavy atom. The molecule has 1 N–H and O–H groups in total. The molecular weight excluding hydrogens is 453 g/mol. The van der Waals surface area contributed by atoms with E-state index in [-0.39, 0.29) is 11.6 Å². The van der Waals surface area contributed by atoms with Crippen LogP contribution in [0.2, 0.25) is 0 Å². The van der Waals surface area contributed by atoms with Crippen molar-refractivity contribution in [2.45, 2.75) is 42.2 Å². The molecule has 30 heavy (non-hydrogen) atoms. The van der Waals surface area contributed by atoms with Gasteiger partial charge in [0.15, 0.2) is 0 Å². The van der Waals surface area contributed by atoms with Crippen molar-refractivity contribution in [1.82, 2.24) is 0 Å². The molecule has 0 atom stereocenters. The minimum absolute atomic E-state index is 0.278. The number of hydrogen-bond acceptors (Lipinski definition) is 3. The molecule has 5 nitrogen and oxygen atoms in total. The van der Waals surface area contributed by atoms with E-state index < -0.39 is 57.5 Å². The number of anilines is 1. The monoisotopic (exact) mass is 460 g/mol. The number of carbonyl (C=O) groups excluding carboxylic acids is 1. The van der Waals surface area contributed by atoms with Gasteiger partial charge in [-0.15, -0.1) is 0 Å². The van der Waals surface area contributed by atoms with Gasteiger partial charge in [0, 0.05) is 12.1 Å². The Morgan fingerprint density at radius 1 is 0.833 bits per heavy atom. The molecule has 0 aliphatic heterocycles. The van der Waals surface area contributed by atoms with Crippen LogP contribution in [0.25, 0.3) is 0 Å². The number of nitrogens with zero attached hydrogens (tertiary/aromatic N) is 1. The third-order valence-corrected chi connectivity index (χ3v) is 4.44. The molecule has 0 radical (unpaired) electrons. The number of alkyl halides is 11. The number of non-ortho nitro benzene ring substituents is 1. The number of rotatable bonds is 3. The number of carbonyl (C=O) groups is 1. The fourth-order valence-electron chi connectivity index (χ4n) is 2.57. The highest BCUT2D eigenvalue weighted by molar-refractivity contribution is 6.00. The van der Waals surface area contributed by atoms with Crippen molar-refractivity contribution < 1.29 is 58.0 Å². The largest absolute Gasteiger partial charge is 0.384 e. The first-order valence-electron chi connectivity index (χ1n) is 7.36. The van der Waals surface area contributed by atoms with Crippen molar-refractivity contribution in [2.24, 2.45) is 0 Å². The predicted molar refractivity (Wildman–Crippen MR) is 75.0 cm³/mol. The fraction of sp³-hybridized carbons (Fsp3) is 0.500. The van der Waals surface area contributed by atoms with Gasteiger partial charge < -0.3 is 5.32 Å². The first-order valence-corrected chi connectivity index (χ1v) is 7.36. The van der Waals surface area contributed by atoms with E-state index in [2.05, 4.69) is 0 Å². The molecule has 1 fully saturated rings. The summed E-state index contributed by atoms with van der Waals surface area (Å²) in [6.07, 6.45) is 0. The summed E-state index contributed by atoms with van der Waals surface area (Å²) in [6.45, 7) is 0.943. The van der Waals surface area contributed by atoms with E-state index in [0.717, 1.165) is 24.4 Å². The number of nitro benzene ring substituents is 1. The summed E-state index contributed by atoms with van der Waals surface area (Å²) < 4.78 is 150. The lowest BCUT2D eigenvalue weighted by Gasteiger charge is -2.51. The Labute approximate surface area is 158 Å². The number of amides is 1. The van der Waals surface area contributed by atoms with Gasteiger partial charge in [0.05, 0.1) is 10.6 Å². The summed E-state index contributed by atoms with van der Waals surface area (Å²) in [4.78, 5) is 21.3. The molecule has 1 amide bonds. The lowest BCUT2D eigenvalue weighted by molar-refractivity contribution is -0.475. The zero-order chi connectivity index (χ0) is 23.7. The van der Waals surface area contributed by atoms with Crippen molar-refractivity contribution in [3.05, 3.63) is 33.9 Å². The SMILES string of the molecule is Cc1ccc([N+](=O)[O-])cc1NC(=O)C1(F)C(F)(F)C(F)(F)C(F)(F)C(F)(F)C1(F)F. The molecule has 0 unspecified atom stereocenters. The van der Waals surface area contributed by atoms with Crippen LogP contribution in [0.5, 0.6) is 0 Å². The van der Waals surface area contributed by atoms with Crippen LogP contribution in [0.1, 0.15) is 5.56 Å². The van der Waals surface area contributed by atoms with Crippen molar-refractivity contribution >= 4 is 17.3 Å². The minimum Gasteiger partial charge on any atom is -0.322 e. The summed E-state index contributed by atoms with van der Waals surface area (Å²) in [6, 6.07) is 1.79. The summed E-state index contributed by atoms with van der Waals surface area (Å²) in [5.41, 5.74) is -9.27. The Bertz CT molecular complexity index is 886. The average molecular weight is 460 g/mol. The van der Waals surface area contributed by atoms with E-state index in [0.29, 0.717) is 0 Å². The van der Waals surface area contributed by atoms with Crippen LogP contribution in [0.4, 0.5) is 59.7 Å². The Kier molecular flexibility index (Phi) is 4.85. The third kappa shape index (κ3) is 2.44. The van der Waals surface area contributed by atoms with Crippen LogP contribution >= 0.6 is 0 Å². The van der Waals surface area contributed by atoms with E-state index in [1.54, 1.807) is 0 Å². The standard InChI is InChI=1S/C14H7F11N2O3/c1-5-2-3-6(27(29)30)4-7(5)26-8(28)9(15)10(16,17)12(20,21)14(24,25)13(22,23)11(9,18)19/h2-4H,1H3,(H,26,28). The summed E-state index contributed by atoms with van der Waals surface area (Å²) in [5.74, 6) is -40.6. The minimum atomic E-state index is -7.45. The second kappa shape index (κ2) is 6.16. The molecule has 0 spiro atoms. The van der Waals surface area contributed by atoms with Crippen LogP contribution in [0.3, 0.4) is 0 Å². The van der Waals surface area contributed by atoms with Gasteiger partial charge in [-0.05, 0) is 12.5 Å². The lowest BCUT2D eigenvalue weighted by atomic mass is 9.71. The van der Waals surface area contributed by atoms with Crippen molar-refractivity contribution in [1.29, 1.82) is 0 Å². The molecule has 0 heterocycles. The van der Waals surface area contributed by atoms with Crippen LogP contribution in [-0.4, -0.2) is 46.1 Å². The van der Waals surface area contributed by atoms with E-state index in [9.17, 15) is 63.2 Å². The predicted octanol–water partition coefficient (Wildman–Crippen LogP) is 4.74. The molecule has 2 rings (SSSR count). The topological polar surface area (TPSA) is 72.2 Å². The van der Waals surface area contributed by atoms with E-state index in [4.69, 9.17) is 0 Å². The lowest BCUT2D eigenvalue weighted by Crippen LogP contribution is -2.86. The quantitative estimate of drug-likeness (QED) is 0.403. The highest BCUT2D eigenvalue weighted by Crippen LogP contribution is 2.69. The molecular formula is C14H7F11N2O3. The highest BCUT2D eigenvalue weighted by atomic mass is 19.4. The van der Waals surface area contributed by atoms with Gasteiger partial charge in [-0.25, -0.2) is 4.39 Å². The second-order valence-electron chi connectivity index (χ2n) is 6.24. The van der Waals surface area contributed by atoms with Gasteiger partial charge in [0.25, 0.3) is 11.6 Å². The Balaban J connectivity index is 2.70. The molecule has 168 valence electrons. The van der Waals surface area contributed by atoms with Crippen LogP contribution < -0.4 is 5.32 Å². The van der Waals surface area contributed by atoms with Gasteiger partial charge in [0.2, 0.25) is 0 Å². The zero-order valence-corrected chi connectivity index (χ0v) is 14.1. The second-order valence-corrected chi connectivity index (χ2v) is 6.24. The van der Waals surface area contributed by atoms with Crippen LogP contribution in [0.15, 0.2) is 18.2 Å². The number of nitrogens with one attached hydrogen (secondary N) is 1. The Morgan fingerprint density at radius 3 is 1.63 bits per heavy atom. The Hall–Kier alpha value is -2.68. The van der Waals surface area contributed by atoms with Crippen molar-refractivity contribution in [2.75, 3.05) is 5.32 Å². The first kappa shape index (κ1) is 23.6. The molecule has 1 saturated carbocycles. The van der Waals surface area contributed by atoms with Gasteiger partial charge in [-0.3, -0.25) is 14.9 Å².